The molecule has 0 unspecified atom stereocenters. The molecule has 1 heterocycles. The molecule has 1 aliphatic heterocycles. The maximum Gasteiger partial charge on any atom is 0.241 e. The number of morpholine rings is 1. The van der Waals surface area contributed by atoms with E-state index in [4.69, 9.17) is 9.47 Å². The van der Waals surface area contributed by atoms with Crippen molar-refractivity contribution in [2.45, 2.75) is 13.1 Å². The average Bonchev–Trinajstić information content (AvgIpc) is 2.76. The van der Waals surface area contributed by atoms with Gasteiger partial charge in [-0.15, -0.1) is 0 Å². The van der Waals surface area contributed by atoms with E-state index in [1.165, 1.54) is 12.7 Å². The number of para-hydroxylation sites is 2. The van der Waals surface area contributed by atoms with Crippen molar-refractivity contribution in [3.8, 4) is 5.75 Å². The summed E-state index contributed by atoms with van der Waals surface area (Å²) in [7, 11) is -2.21. The minimum Gasteiger partial charge on any atom is -0.495 e. The van der Waals surface area contributed by atoms with E-state index in [0.717, 1.165) is 49.0 Å². The molecule has 0 bridgehead atoms. The number of sulfonamides is 1. The molecule has 2 aromatic carbocycles. The van der Waals surface area contributed by atoms with Crippen molar-refractivity contribution in [2.24, 2.45) is 0 Å². The van der Waals surface area contributed by atoms with E-state index >= 15 is 0 Å². The molecular formula is C22H29N3O5S. The number of benzene rings is 2. The highest BCUT2D eigenvalue weighted by molar-refractivity contribution is 7.92. The lowest BCUT2D eigenvalue weighted by molar-refractivity contribution is -0.119. The lowest BCUT2D eigenvalue weighted by Crippen LogP contribution is -2.40. The van der Waals surface area contributed by atoms with Crippen molar-refractivity contribution in [3.63, 3.8) is 0 Å². The Morgan fingerprint density at radius 2 is 1.84 bits per heavy atom. The summed E-state index contributed by atoms with van der Waals surface area (Å²) in [5, 5.41) is 2.82. The number of carbonyl (C=O) groups is 1. The maximum atomic E-state index is 12.6. The second kappa shape index (κ2) is 10.6. The monoisotopic (exact) mass is 447 g/mol. The molecule has 1 amide bonds. The van der Waals surface area contributed by atoms with E-state index in [2.05, 4.69) is 22.3 Å². The molecular weight excluding hydrogens is 418 g/mol. The number of ether oxygens (including phenoxy) is 2. The number of methoxy groups -OCH3 is 1. The first kappa shape index (κ1) is 23.1. The second-order valence-electron chi connectivity index (χ2n) is 7.43. The van der Waals surface area contributed by atoms with Crippen LogP contribution in [0.2, 0.25) is 0 Å². The molecule has 1 aliphatic rings. The Morgan fingerprint density at radius 3 is 2.55 bits per heavy atom. The molecule has 168 valence electrons. The number of anilines is 1. The third-order valence-electron chi connectivity index (χ3n) is 5.03. The van der Waals surface area contributed by atoms with Gasteiger partial charge in [0.25, 0.3) is 0 Å². The maximum absolute atomic E-state index is 12.6. The van der Waals surface area contributed by atoms with Crippen molar-refractivity contribution in [2.75, 3.05) is 50.5 Å². The lowest BCUT2D eigenvalue weighted by Gasteiger charge is -2.26. The second-order valence-corrected chi connectivity index (χ2v) is 9.33. The van der Waals surface area contributed by atoms with Crippen molar-refractivity contribution < 1.29 is 22.7 Å². The zero-order valence-corrected chi connectivity index (χ0v) is 18.7. The Hall–Kier alpha value is -2.62. The normalized spacial score (nSPS) is 14.8. The quantitative estimate of drug-likeness (QED) is 0.628. The molecule has 31 heavy (non-hydrogen) atoms. The highest BCUT2D eigenvalue weighted by atomic mass is 32.2. The van der Waals surface area contributed by atoms with Crippen LogP contribution < -0.4 is 14.4 Å². The molecule has 0 aliphatic carbocycles. The van der Waals surface area contributed by atoms with Crippen LogP contribution in [-0.2, 0) is 32.6 Å². The number of nitrogens with one attached hydrogen (secondary N) is 1. The molecule has 3 rings (SSSR count). The van der Waals surface area contributed by atoms with Gasteiger partial charge in [-0.3, -0.25) is 14.0 Å². The van der Waals surface area contributed by atoms with Gasteiger partial charge in [-0.2, -0.15) is 0 Å². The number of amides is 1. The van der Waals surface area contributed by atoms with Crippen LogP contribution >= 0.6 is 0 Å². The summed E-state index contributed by atoms with van der Waals surface area (Å²) in [5.41, 5.74) is 2.46. The van der Waals surface area contributed by atoms with Crippen LogP contribution in [0.1, 0.15) is 11.1 Å². The van der Waals surface area contributed by atoms with Crippen LogP contribution in [0.5, 0.6) is 5.75 Å². The Labute approximate surface area is 183 Å². The van der Waals surface area contributed by atoms with Crippen molar-refractivity contribution in [3.05, 3.63) is 59.7 Å². The fourth-order valence-corrected chi connectivity index (χ4v) is 4.32. The van der Waals surface area contributed by atoms with Gasteiger partial charge in [0, 0.05) is 26.2 Å². The predicted octanol–water partition coefficient (Wildman–Crippen LogP) is 1.61. The number of hydrogen-bond acceptors (Lipinski definition) is 6. The molecule has 0 aromatic heterocycles. The van der Waals surface area contributed by atoms with Crippen LogP contribution in [0, 0.1) is 0 Å². The first-order chi connectivity index (χ1) is 14.9. The summed E-state index contributed by atoms with van der Waals surface area (Å²) in [4.78, 5) is 14.9. The van der Waals surface area contributed by atoms with E-state index in [-0.39, 0.29) is 6.54 Å². The molecule has 0 atom stereocenters. The minimum absolute atomic E-state index is 0.319. The molecule has 1 N–H and O–H groups in total. The van der Waals surface area contributed by atoms with Crippen molar-refractivity contribution in [1.82, 2.24) is 10.2 Å². The van der Waals surface area contributed by atoms with Crippen LogP contribution in [0.3, 0.4) is 0 Å². The SMILES string of the molecule is COc1ccccc1N(CC(=O)NCc1cccc(CN2CCOCC2)c1)S(C)(=O)=O. The van der Waals surface area contributed by atoms with Crippen LogP contribution in [0.25, 0.3) is 0 Å². The Balaban J connectivity index is 1.62. The first-order valence-corrected chi connectivity index (χ1v) is 12.0. The Morgan fingerprint density at radius 1 is 1.13 bits per heavy atom. The van der Waals surface area contributed by atoms with E-state index in [1.54, 1.807) is 24.3 Å². The molecule has 2 aromatic rings. The molecule has 0 radical (unpaired) electrons. The van der Waals surface area contributed by atoms with Gasteiger partial charge in [-0.1, -0.05) is 36.4 Å². The van der Waals surface area contributed by atoms with Gasteiger partial charge in [0.15, 0.2) is 0 Å². The molecule has 1 saturated heterocycles. The van der Waals surface area contributed by atoms with Gasteiger partial charge in [-0.05, 0) is 23.3 Å². The van der Waals surface area contributed by atoms with Gasteiger partial charge >= 0.3 is 0 Å². The highest BCUT2D eigenvalue weighted by Gasteiger charge is 2.23. The zero-order chi connectivity index (χ0) is 22.3. The van der Waals surface area contributed by atoms with E-state index in [0.29, 0.717) is 18.0 Å². The fraction of sp³-hybridized carbons (Fsp3) is 0.409. The summed E-state index contributed by atoms with van der Waals surface area (Å²) in [6.07, 6.45) is 1.07. The standard InChI is InChI=1S/C22H29N3O5S/c1-29-21-9-4-3-8-20(21)25(31(2,27)28)17-22(26)23-15-18-6-5-7-19(14-18)16-24-10-12-30-13-11-24/h3-9,14H,10-13,15-17H2,1-2H3,(H,23,26). The molecule has 1 fully saturated rings. The molecule has 8 nitrogen and oxygen atoms in total. The van der Waals surface area contributed by atoms with E-state index < -0.39 is 15.9 Å². The lowest BCUT2D eigenvalue weighted by atomic mass is 10.1. The number of hydrogen-bond donors (Lipinski definition) is 1. The van der Waals surface area contributed by atoms with Crippen LogP contribution in [0.15, 0.2) is 48.5 Å². The fourth-order valence-electron chi connectivity index (χ4n) is 3.46. The van der Waals surface area contributed by atoms with Crippen LogP contribution in [-0.4, -0.2) is 65.4 Å². The smallest absolute Gasteiger partial charge is 0.241 e. The summed E-state index contributed by atoms with van der Waals surface area (Å²) < 4.78 is 36.3. The number of nitrogens with zero attached hydrogens (tertiary/aromatic N) is 2. The molecule has 0 saturated carbocycles. The van der Waals surface area contributed by atoms with Crippen molar-refractivity contribution >= 4 is 21.6 Å². The summed E-state index contributed by atoms with van der Waals surface area (Å²) in [6, 6.07) is 14.7. The predicted molar refractivity (Wildman–Crippen MR) is 120 cm³/mol. The van der Waals surface area contributed by atoms with Crippen LogP contribution in [0.4, 0.5) is 5.69 Å². The van der Waals surface area contributed by atoms with E-state index in [1.807, 2.05) is 12.1 Å². The van der Waals surface area contributed by atoms with Gasteiger partial charge in [0.1, 0.15) is 12.3 Å². The number of carbonyl (C=O) groups excluding carboxylic acids is 1. The summed E-state index contributed by atoms with van der Waals surface area (Å²) in [6.45, 7) is 4.14. The molecule has 9 heteroatoms. The van der Waals surface area contributed by atoms with Gasteiger partial charge in [0.05, 0.1) is 32.3 Å². The third-order valence-corrected chi connectivity index (χ3v) is 6.16. The minimum atomic E-state index is -3.67. The number of rotatable bonds is 9. The molecule has 0 spiro atoms. The van der Waals surface area contributed by atoms with Crippen molar-refractivity contribution in [1.29, 1.82) is 0 Å². The Kier molecular flexibility index (Phi) is 7.89. The Bertz CT molecular complexity index is 990. The van der Waals surface area contributed by atoms with E-state index in [9.17, 15) is 13.2 Å². The first-order valence-electron chi connectivity index (χ1n) is 10.1. The third kappa shape index (κ3) is 6.68. The van der Waals surface area contributed by atoms with Gasteiger partial charge in [-0.25, -0.2) is 8.42 Å². The van der Waals surface area contributed by atoms with Gasteiger partial charge in [0.2, 0.25) is 15.9 Å². The van der Waals surface area contributed by atoms with Gasteiger partial charge < -0.3 is 14.8 Å². The average molecular weight is 448 g/mol. The topological polar surface area (TPSA) is 88.2 Å². The summed E-state index contributed by atoms with van der Waals surface area (Å²) in [5.74, 6) is -0.00791. The zero-order valence-electron chi connectivity index (χ0n) is 17.9. The largest absolute Gasteiger partial charge is 0.495 e. The highest BCUT2D eigenvalue weighted by Crippen LogP contribution is 2.29. The summed E-state index contributed by atoms with van der Waals surface area (Å²) >= 11 is 0.